The Morgan fingerprint density at radius 2 is 1.59 bits per heavy atom. The number of nitrogens with one attached hydrogen (secondary N) is 1. The van der Waals surface area contributed by atoms with Gasteiger partial charge in [-0.05, 0) is 65.4 Å². The van der Waals surface area contributed by atoms with Gasteiger partial charge in [0.15, 0.2) is 0 Å². The van der Waals surface area contributed by atoms with Gasteiger partial charge in [0.05, 0.1) is 11.4 Å². The van der Waals surface area contributed by atoms with Crippen molar-refractivity contribution in [2.45, 2.75) is 20.3 Å². The van der Waals surface area contributed by atoms with Crippen molar-refractivity contribution in [2.75, 3.05) is 11.1 Å². The Bertz CT molecular complexity index is 932. The summed E-state index contributed by atoms with van der Waals surface area (Å²) in [7, 11) is 0. The van der Waals surface area contributed by atoms with Crippen molar-refractivity contribution in [3.63, 3.8) is 0 Å². The molecular formula is C23H23FN2O. The molecule has 138 valence electrons. The maximum atomic E-state index is 13.1. The topological polar surface area (TPSA) is 55.1 Å². The number of nitrogens with two attached hydrogens (primary N) is 1. The highest BCUT2D eigenvalue weighted by atomic mass is 19.1. The van der Waals surface area contributed by atoms with Gasteiger partial charge in [-0.25, -0.2) is 4.39 Å². The summed E-state index contributed by atoms with van der Waals surface area (Å²) >= 11 is 0. The predicted molar refractivity (Wildman–Crippen MR) is 109 cm³/mol. The Labute approximate surface area is 159 Å². The van der Waals surface area contributed by atoms with Crippen LogP contribution in [0.1, 0.15) is 29.8 Å². The van der Waals surface area contributed by atoms with Gasteiger partial charge in [0, 0.05) is 5.56 Å². The number of halogens is 1. The lowest BCUT2D eigenvalue weighted by molar-refractivity contribution is 0.102. The summed E-state index contributed by atoms with van der Waals surface area (Å²) in [6.45, 7) is 4.33. The lowest BCUT2D eigenvalue weighted by Crippen LogP contribution is -2.13. The number of carbonyl (C=O) groups excluding carboxylic acids is 1. The molecule has 1 amide bonds. The van der Waals surface area contributed by atoms with Crippen molar-refractivity contribution in [3.8, 4) is 11.1 Å². The Balaban J connectivity index is 1.79. The largest absolute Gasteiger partial charge is 0.397 e. The second-order valence-corrected chi connectivity index (χ2v) is 7.06. The monoisotopic (exact) mass is 362 g/mol. The minimum absolute atomic E-state index is 0.214. The Morgan fingerprint density at radius 3 is 2.22 bits per heavy atom. The first kappa shape index (κ1) is 18.6. The maximum Gasteiger partial charge on any atom is 0.255 e. The van der Waals surface area contributed by atoms with Gasteiger partial charge in [0.1, 0.15) is 5.82 Å². The fourth-order valence-electron chi connectivity index (χ4n) is 2.94. The zero-order chi connectivity index (χ0) is 19.4. The van der Waals surface area contributed by atoms with Crippen LogP contribution in [0.5, 0.6) is 0 Å². The summed E-state index contributed by atoms with van der Waals surface area (Å²) < 4.78 is 13.1. The van der Waals surface area contributed by atoms with Crippen LogP contribution in [0.25, 0.3) is 11.1 Å². The van der Waals surface area contributed by atoms with E-state index in [-0.39, 0.29) is 11.7 Å². The zero-order valence-corrected chi connectivity index (χ0v) is 15.5. The molecule has 3 nitrogen and oxygen atoms in total. The smallest absolute Gasteiger partial charge is 0.255 e. The van der Waals surface area contributed by atoms with Crippen LogP contribution in [0, 0.1) is 11.7 Å². The van der Waals surface area contributed by atoms with Crippen LogP contribution in [0.15, 0.2) is 66.7 Å². The first-order valence-corrected chi connectivity index (χ1v) is 8.98. The summed E-state index contributed by atoms with van der Waals surface area (Å²) in [6.07, 6.45) is 0.981. The normalized spacial score (nSPS) is 10.8. The molecule has 3 aromatic rings. The Kier molecular flexibility index (Phi) is 5.55. The molecule has 0 heterocycles. The number of rotatable bonds is 5. The summed E-state index contributed by atoms with van der Waals surface area (Å²) in [6, 6.07) is 19.2. The van der Waals surface area contributed by atoms with Gasteiger partial charge in [-0.3, -0.25) is 4.79 Å². The van der Waals surface area contributed by atoms with Crippen LogP contribution in [0.4, 0.5) is 15.8 Å². The third kappa shape index (κ3) is 4.73. The predicted octanol–water partition coefficient (Wildman–Crippen LogP) is 5.53. The molecule has 4 heteroatoms. The number of hydrogen-bond acceptors (Lipinski definition) is 2. The average molecular weight is 362 g/mol. The minimum Gasteiger partial charge on any atom is -0.397 e. The molecular weight excluding hydrogens is 339 g/mol. The number of amides is 1. The average Bonchev–Trinajstić information content (AvgIpc) is 2.64. The Morgan fingerprint density at radius 1 is 0.963 bits per heavy atom. The quantitative estimate of drug-likeness (QED) is 0.587. The maximum absolute atomic E-state index is 13.1. The fraction of sp³-hybridized carbons (Fsp3) is 0.174. The molecule has 0 fully saturated rings. The van der Waals surface area contributed by atoms with Crippen LogP contribution in [-0.4, -0.2) is 5.91 Å². The van der Waals surface area contributed by atoms with Crippen molar-refractivity contribution in [2.24, 2.45) is 5.92 Å². The molecule has 0 spiro atoms. The molecule has 0 bridgehead atoms. The van der Waals surface area contributed by atoms with Gasteiger partial charge in [-0.1, -0.05) is 44.2 Å². The van der Waals surface area contributed by atoms with Crippen molar-refractivity contribution in [3.05, 3.63) is 83.7 Å². The standard InChI is InChI=1S/C23H23FN2O/c1-15(2)13-16-3-5-18(6-4-16)23(27)26-22-14-19(9-12-21(22)25)17-7-10-20(24)11-8-17/h3-12,14-15H,13,25H2,1-2H3,(H,26,27). The third-order valence-corrected chi connectivity index (χ3v) is 4.34. The zero-order valence-electron chi connectivity index (χ0n) is 15.5. The molecule has 0 atom stereocenters. The molecule has 0 aliphatic heterocycles. The van der Waals surface area contributed by atoms with Gasteiger partial charge in [0.2, 0.25) is 0 Å². The summed E-state index contributed by atoms with van der Waals surface area (Å²) in [5, 5.41) is 2.87. The van der Waals surface area contributed by atoms with Crippen molar-refractivity contribution < 1.29 is 9.18 Å². The van der Waals surface area contributed by atoms with Gasteiger partial charge in [0.25, 0.3) is 5.91 Å². The van der Waals surface area contributed by atoms with Crippen LogP contribution in [0.2, 0.25) is 0 Å². The molecule has 0 aromatic heterocycles. The first-order valence-electron chi connectivity index (χ1n) is 8.98. The van der Waals surface area contributed by atoms with Gasteiger partial charge < -0.3 is 11.1 Å². The molecule has 0 saturated heterocycles. The van der Waals surface area contributed by atoms with Crippen molar-refractivity contribution >= 4 is 17.3 Å². The van der Waals surface area contributed by atoms with Crippen LogP contribution in [0.3, 0.4) is 0 Å². The molecule has 3 N–H and O–H groups in total. The summed E-state index contributed by atoms with van der Waals surface area (Å²) in [5.41, 5.74) is 10.5. The Hall–Kier alpha value is -3.14. The second kappa shape index (κ2) is 8.04. The molecule has 0 aliphatic carbocycles. The molecule has 0 unspecified atom stereocenters. The van der Waals surface area contributed by atoms with E-state index in [1.807, 2.05) is 30.3 Å². The van der Waals surface area contributed by atoms with E-state index in [9.17, 15) is 9.18 Å². The van der Waals surface area contributed by atoms with E-state index >= 15 is 0 Å². The SMILES string of the molecule is CC(C)Cc1ccc(C(=O)Nc2cc(-c3ccc(F)cc3)ccc2N)cc1. The van der Waals surface area contributed by atoms with Crippen LogP contribution >= 0.6 is 0 Å². The molecule has 0 radical (unpaired) electrons. The van der Waals surface area contributed by atoms with Crippen LogP contribution in [-0.2, 0) is 6.42 Å². The van der Waals surface area contributed by atoms with E-state index in [0.29, 0.717) is 22.9 Å². The molecule has 3 aromatic carbocycles. The molecule has 0 aliphatic rings. The molecule has 0 saturated carbocycles. The number of anilines is 2. The number of nitrogen functional groups attached to an aromatic ring is 1. The lowest BCUT2D eigenvalue weighted by atomic mass is 10.0. The van der Waals surface area contributed by atoms with E-state index < -0.39 is 0 Å². The highest BCUT2D eigenvalue weighted by Gasteiger charge is 2.10. The van der Waals surface area contributed by atoms with Gasteiger partial charge in [-0.15, -0.1) is 0 Å². The highest BCUT2D eigenvalue weighted by molar-refractivity contribution is 6.06. The van der Waals surface area contributed by atoms with E-state index in [2.05, 4.69) is 19.2 Å². The van der Waals surface area contributed by atoms with E-state index in [4.69, 9.17) is 5.73 Å². The number of carbonyl (C=O) groups is 1. The highest BCUT2D eigenvalue weighted by Crippen LogP contribution is 2.28. The van der Waals surface area contributed by atoms with E-state index in [1.165, 1.54) is 17.7 Å². The third-order valence-electron chi connectivity index (χ3n) is 4.34. The van der Waals surface area contributed by atoms with Crippen LogP contribution < -0.4 is 11.1 Å². The number of hydrogen-bond donors (Lipinski definition) is 2. The summed E-state index contributed by atoms with van der Waals surface area (Å²) in [4.78, 5) is 12.6. The number of benzene rings is 3. The minimum atomic E-state index is -0.288. The second-order valence-electron chi connectivity index (χ2n) is 7.06. The summed E-state index contributed by atoms with van der Waals surface area (Å²) in [5.74, 6) is 0.0661. The molecule has 3 rings (SSSR count). The first-order chi connectivity index (χ1) is 12.9. The van der Waals surface area contributed by atoms with E-state index in [0.717, 1.165) is 17.5 Å². The van der Waals surface area contributed by atoms with Gasteiger partial charge in [-0.2, -0.15) is 0 Å². The van der Waals surface area contributed by atoms with Crippen molar-refractivity contribution in [1.82, 2.24) is 0 Å². The molecule has 27 heavy (non-hydrogen) atoms. The van der Waals surface area contributed by atoms with Gasteiger partial charge >= 0.3 is 0 Å². The van der Waals surface area contributed by atoms with E-state index in [1.54, 1.807) is 24.3 Å². The lowest BCUT2D eigenvalue weighted by Gasteiger charge is -2.11. The fourth-order valence-corrected chi connectivity index (χ4v) is 2.94. The van der Waals surface area contributed by atoms with Crippen molar-refractivity contribution in [1.29, 1.82) is 0 Å².